The van der Waals surface area contributed by atoms with Crippen molar-refractivity contribution in [1.82, 2.24) is 4.90 Å². The Kier molecular flexibility index (Phi) is 3.30. The first-order valence-corrected chi connectivity index (χ1v) is 7.40. The molecule has 4 heteroatoms. The highest BCUT2D eigenvalue weighted by Crippen LogP contribution is 2.21. The number of sulfone groups is 1. The normalized spacial score (nSPS) is 22.8. The van der Waals surface area contributed by atoms with Gasteiger partial charge < -0.3 is 0 Å². The number of nitrogens with zero attached hydrogens (tertiary/aromatic N) is 1. The molecule has 1 aromatic carbocycles. The van der Waals surface area contributed by atoms with Crippen molar-refractivity contribution in [2.75, 3.05) is 24.6 Å². The number of hydrogen-bond donors (Lipinski definition) is 0. The van der Waals surface area contributed by atoms with Gasteiger partial charge in [-0.15, -0.1) is 0 Å². The van der Waals surface area contributed by atoms with Gasteiger partial charge in [-0.05, 0) is 12.5 Å². The van der Waals surface area contributed by atoms with Crippen LogP contribution in [0.5, 0.6) is 0 Å². The Morgan fingerprint density at radius 2 is 1.69 bits per heavy atom. The predicted molar refractivity (Wildman–Crippen MR) is 65.1 cm³/mol. The second kappa shape index (κ2) is 4.55. The third-order valence-electron chi connectivity index (χ3n) is 3.21. The first kappa shape index (κ1) is 11.6. The molecule has 1 heterocycles. The Morgan fingerprint density at radius 1 is 1.12 bits per heavy atom. The fourth-order valence-corrected chi connectivity index (χ4v) is 3.29. The van der Waals surface area contributed by atoms with Crippen molar-refractivity contribution in [3.8, 4) is 0 Å². The summed E-state index contributed by atoms with van der Waals surface area (Å²) in [7, 11) is -2.77. The van der Waals surface area contributed by atoms with Crippen LogP contribution in [0.25, 0.3) is 0 Å². The van der Waals surface area contributed by atoms with Crippen molar-refractivity contribution in [2.24, 2.45) is 0 Å². The molecule has 1 fully saturated rings. The quantitative estimate of drug-likeness (QED) is 0.784. The van der Waals surface area contributed by atoms with E-state index in [9.17, 15) is 8.42 Å². The third-order valence-corrected chi connectivity index (χ3v) is 4.82. The monoisotopic (exact) mass is 239 g/mol. The van der Waals surface area contributed by atoms with Crippen LogP contribution in [-0.2, 0) is 9.84 Å². The van der Waals surface area contributed by atoms with Crippen LogP contribution in [0.1, 0.15) is 18.5 Å². The molecule has 0 spiro atoms. The first-order valence-electron chi connectivity index (χ1n) is 5.58. The minimum Gasteiger partial charge on any atom is -0.295 e. The summed E-state index contributed by atoms with van der Waals surface area (Å²) < 4.78 is 22.7. The van der Waals surface area contributed by atoms with Gasteiger partial charge in [-0.1, -0.05) is 30.3 Å². The average Bonchev–Trinajstić information content (AvgIpc) is 2.29. The van der Waals surface area contributed by atoms with Crippen LogP contribution >= 0.6 is 0 Å². The first-order chi connectivity index (χ1) is 7.58. The second-order valence-electron chi connectivity index (χ2n) is 4.27. The Bertz CT molecular complexity index is 427. The molecule has 0 unspecified atom stereocenters. The largest absolute Gasteiger partial charge is 0.295 e. The second-order valence-corrected chi connectivity index (χ2v) is 6.58. The van der Waals surface area contributed by atoms with Crippen molar-refractivity contribution >= 4 is 9.84 Å². The number of hydrogen-bond acceptors (Lipinski definition) is 3. The van der Waals surface area contributed by atoms with E-state index in [0.717, 1.165) is 0 Å². The maximum absolute atomic E-state index is 11.3. The van der Waals surface area contributed by atoms with E-state index in [1.807, 2.05) is 18.2 Å². The number of benzene rings is 1. The van der Waals surface area contributed by atoms with Gasteiger partial charge in [-0.3, -0.25) is 4.90 Å². The van der Waals surface area contributed by atoms with Gasteiger partial charge in [-0.25, -0.2) is 8.42 Å². The van der Waals surface area contributed by atoms with E-state index in [2.05, 4.69) is 24.0 Å². The molecule has 2 rings (SSSR count). The zero-order chi connectivity index (χ0) is 11.6. The third kappa shape index (κ3) is 2.62. The topological polar surface area (TPSA) is 37.4 Å². The van der Waals surface area contributed by atoms with Crippen LogP contribution in [0, 0.1) is 0 Å². The molecule has 0 aliphatic carbocycles. The highest BCUT2D eigenvalue weighted by Gasteiger charge is 2.25. The molecule has 1 saturated heterocycles. The Hall–Kier alpha value is -0.870. The Morgan fingerprint density at radius 3 is 2.25 bits per heavy atom. The molecule has 0 aromatic heterocycles. The Balaban J connectivity index is 2.05. The van der Waals surface area contributed by atoms with E-state index in [1.54, 1.807) is 0 Å². The lowest BCUT2D eigenvalue weighted by Gasteiger charge is -2.32. The molecule has 1 aliphatic rings. The minimum absolute atomic E-state index is 0.296. The summed E-state index contributed by atoms with van der Waals surface area (Å²) in [5.74, 6) is 0.592. The van der Waals surface area contributed by atoms with E-state index in [-0.39, 0.29) is 0 Å². The van der Waals surface area contributed by atoms with Gasteiger partial charge in [-0.2, -0.15) is 0 Å². The average molecular weight is 239 g/mol. The van der Waals surface area contributed by atoms with Gasteiger partial charge in [0.2, 0.25) is 0 Å². The van der Waals surface area contributed by atoms with E-state index in [1.165, 1.54) is 5.56 Å². The lowest BCUT2D eigenvalue weighted by Crippen LogP contribution is -2.41. The van der Waals surface area contributed by atoms with Gasteiger partial charge in [0.15, 0.2) is 9.84 Å². The van der Waals surface area contributed by atoms with Gasteiger partial charge >= 0.3 is 0 Å². The van der Waals surface area contributed by atoms with Crippen LogP contribution in [0.2, 0.25) is 0 Å². The van der Waals surface area contributed by atoms with E-state index < -0.39 is 9.84 Å². The van der Waals surface area contributed by atoms with Gasteiger partial charge in [0, 0.05) is 19.1 Å². The highest BCUT2D eigenvalue weighted by atomic mass is 32.2. The van der Waals surface area contributed by atoms with Crippen molar-refractivity contribution in [2.45, 2.75) is 13.0 Å². The molecule has 0 saturated carbocycles. The fourth-order valence-electron chi connectivity index (χ4n) is 2.06. The van der Waals surface area contributed by atoms with Gasteiger partial charge in [0.25, 0.3) is 0 Å². The lowest BCUT2D eigenvalue weighted by molar-refractivity contribution is 0.229. The molecule has 0 amide bonds. The zero-order valence-electron chi connectivity index (χ0n) is 9.46. The smallest absolute Gasteiger partial charge is 0.152 e. The van der Waals surface area contributed by atoms with Crippen molar-refractivity contribution in [3.63, 3.8) is 0 Å². The molecule has 0 bridgehead atoms. The molecular formula is C12H17NO2S. The van der Waals surface area contributed by atoms with Crippen LogP contribution in [-0.4, -0.2) is 37.9 Å². The van der Waals surface area contributed by atoms with E-state index in [0.29, 0.717) is 30.6 Å². The minimum atomic E-state index is -2.77. The molecule has 0 radical (unpaired) electrons. The summed E-state index contributed by atoms with van der Waals surface area (Å²) in [6, 6.07) is 10.5. The summed E-state index contributed by atoms with van der Waals surface area (Å²) in [5.41, 5.74) is 1.25. The molecule has 1 atom stereocenters. The maximum atomic E-state index is 11.3. The van der Waals surface area contributed by atoms with Gasteiger partial charge in [0.1, 0.15) is 0 Å². The predicted octanol–water partition coefficient (Wildman–Crippen LogP) is 1.48. The maximum Gasteiger partial charge on any atom is 0.152 e. The Labute approximate surface area is 97.0 Å². The van der Waals surface area contributed by atoms with Crippen molar-refractivity contribution in [3.05, 3.63) is 35.9 Å². The van der Waals surface area contributed by atoms with Crippen LogP contribution in [0.3, 0.4) is 0 Å². The summed E-state index contributed by atoms with van der Waals surface area (Å²) in [6.45, 7) is 3.43. The molecule has 3 nitrogen and oxygen atoms in total. The van der Waals surface area contributed by atoms with Crippen LogP contribution in [0.4, 0.5) is 0 Å². The van der Waals surface area contributed by atoms with Crippen molar-refractivity contribution in [1.29, 1.82) is 0 Å². The summed E-state index contributed by atoms with van der Waals surface area (Å²) >= 11 is 0. The van der Waals surface area contributed by atoms with Gasteiger partial charge in [0.05, 0.1) is 11.5 Å². The van der Waals surface area contributed by atoms with E-state index >= 15 is 0 Å². The molecule has 16 heavy (non-hydrogen) atoms. The molecule has 88 valence electrons. The lowest BCUT2D eigenvalue weighted by atomic mass is 10.1. The standard InChI is InChI=1S/C12H17NO2S/c1-11(12-5-3-2-4-6-12)13-7-9-16(14,15)10-8-13/h2-6,11H,7-10H2,1H3/t11-/m0/s1. The molecule has 1 aromatic rings. The number of rotatable bonds is 2. The molecular weight excluding hydrogens is 222 g/mol. The molecule has 1 aliphatic heterocycles. The van der Waals surface area contributed by atoms with Crippen LogP contribution < -0.4 is 0 Å². The van der Waals surface area contributed by atoms with Crippen molar-refractivity contribution < 1.29 is 8.42 Å². The fraction of sp³-hybridized carbons (Fsp3) is 0.500. The van der Waals surface area contributed by atoms with E-state index in [4.69, 9.17) is 0 Å². The van der Waals surface area contributed by atoms with Crippen LogP contribution in [0.15, 0.2) is 30.3 Å². The summed E-state index contributed by atoms with van der Waals surface area (Å²) in [6.07, 6.45) is 0. The SMILES string of the molecule is C[C@@H](c1ccccc1)N1CCS(=O)(=O)CC1. The zero-order valence-corrected chi connectivity index (χ0v) is 10.3. The summed E-state index contributed by atoms with van der Waals surface area (Å²) in [4.78, 5) is 2.23. The molecule has 0 N–H and O–H groups in total. The summed E-state index contributed by atoms with van der Waals surface area (Å²) in [5, 5.41) is 0. The highest BCUT2D eigenvalue weighted by molar-refractivity contribution is 7.91.